The van der Waals surface area contributed by atoms with E-state index < -0.39 is 5.60 Å². The minimum absolute atomic E-state index is 0.00655. The molecule has 3 aromatic heterocycles. The van der Waals surface area contributed by atoms with Gasteiger partial charge < -0.3 is 21.1 Å². The molecular weight excluding hydrogens is 482 g/mol. The molecule has 1 saturated carbocycles. The molecule has 36 heavy (non-hydrogen) atoms. The minimum atomic E-state index is -1.41. The third-order valence-electron chi connectivity index (χ3n) is 6.15. The van der Waals surface area contributed by atoms with Gasteiger partial charge in [0.15, 0.2) is 5.65 Å². The van der Waals surface area contributed by atoms with Crippen molar-refractivity contribution in [3.8, 4) is 11.3 Å². The maximum absolute atomic E-state index is 13.2. The SMILES string of the molecule is CC(C)Nc1cc(-c2cnn3cc(Cl)cnc23)ncc1C(=O)N[C@H]1CC[C@H](NC(=O)C(C)(C)O)CC1. The standard InChI is InChI=1S/C25H32ClN7O3/c1-14(2)30-21-9-20(18-12-29-33-13-15(26)10-28-22(18)33)27-11-19(21)23(34)31-16-5-7-17(8-6-16)32-24(35)25(3,4)36/h9-14,16-17,36H,5-8H2,1-4H3,(H,27,30)(H,31,34)(H,32,35)/t16-,17-. The lowest BCUT2D eigenvalue weighted by Gasteiger charge is -2.31. The van der Waals surface area contributed by atoms with Crippen molar-refractivity contribution in [3.63, 3.8) is 0 Å². The van der Waals surface area contributed by atoms with Crippen LogP contribution in [0.3, 0.4) is 0 Å². The van der Waals surface area contributed by atoms with Crippen molar-refractivity contribution < 1.29 is 14.7 Å². The lowest BCUT2D eigenvalue weighted by Crippen LogP contribution is -2.49. The Morgan fingerprint density at radius 3 is 2.39 bits per heavy atom. The summed E-state index contributed by atoms with van der Waals surface area (Å²) in [7, 11) is 0. The third-order valence-corrected chi connectivity index (χ3v) is 6.34. The summed E-state index contributed by atoms with van der Waals surface area (Å²) in [5.74, 6) is -0.582. The fraction of sp³-hybridized carbons (Fsp3) is 0.480. The van der Waals surface area contributed by atoms with Crippen molar-refractivity contribution >= 4 is 34.7 Å². The zero-order valence-electron chi connectivity index (χ0n) is 20.9. The Labute approximate surface area is 214 Å². The van der Waals surface area contributed by atoms with E-state index in [1.165, 1.54) is 13.8 Å². The average Bonchev–Trinajstić information content (AvgIpc) is 3.22. The zero-order chi connectivity index (χ0) is 26.0. The summed E-state index contributed by atoms with van der Waals surface area (Å²) < 4.78 is 1.59. The topological polar surface area (TPSA) is 134 Å². The second kappa shape index (κ2) is 10.4. The highest BCUT2D eigenvalue weighted by molar-refractivity contribution is 6.30. The van der Waals surface area contributed by atoms with Gasteiger partial charge in [0.2, 0.25) is 0 Å². The molecule has 2 amide bonds. The van der Waals surface area contributed by atoms with E-state index in [-0.39, 0.29) is 29.9 Å². The summed E-state index contributed by atoms with van der Waals surface area (Å²) in [6.45, 7) is 6.95. The van der Waals surface area contributed by atoms with E-state index in [1.807, 2.05) is 19.9 Å². The van der Waals surface area contributed by atoms with Crippen molar-refractivity contribution in [1.82, 2.24) is 30.2 Å². The Morgan fingerprint density at radius 1 is 1.08 bits per heavy atom. The molecule has 3 aromatic rings. The number of nitrogens with zero attached hydrogens (tertiary/aromatic N) is 4. The van der Waals surface area contributed by atoms with Crippen LogP contribution in [0, 0.1) is 0 Å². The molecule has 11 heteroatoms. The van der Waals surface area contributed by atoms with Crippen LogP contribution in [0.1, 0.15) is 63.7 Å². The smallest absolute Gasteiger partial charge is 0.255 e. The van der Waals surface area contributed by atoms with Crippen LogP contribution in [-0.2, 0) is 4.79 Å². The Hall–Kier alpha value is -3.24. The molecule has 0 unspecified atom stereocenters. The summed E-state index contributed by atoms with van der Waals surface area (Å²) in [5, 5.41) is 24.0. The molecule has 0 aliphatic heterocycles. The molecule has 0 atom stereocenters. The molecular formula is C25H32ClN7O3. The van der Waals surface area contributed by atoms with Crippen LogP contribution in [0.2, 0.25) is 5.02 Å². The number of pyridine rings is 1. The Kier molecular flexibility index (Phi) is 7.46. The van der Waals surface area contributed by atoms with E-state index in [0.717, 1.165) is 31.2 Å². The van der Waals surface area contributed by atoms with Crippen LogP contribution < -0.4 is 16.0 Å². The number of hydrogen-bond acceptors (Lipinski definition) is 7. The van der Waals surface area contributed by atoms with Gasteiger partial charge in [-0.1, -0.05) is 11.6 Å². The Bertz CT molecular complexity index is 1260. The first-order valence-corrected chi connectivity index (χ1v) is 12.5. The summed E-state index contributed by atoms with van der Waals surface area (Å²) in [6, 6.07) is 1.92. The van der Waals surface area contributed by atoms with Crippen molar-refractivity contribution in [2.24, 2.45) is 0 Å². The van der Waals surface area contributed by atoms with Crippen molar-refractivity contribution in [2.45, 2.75) is 77.1 Å². The largest absolute Gasteiger partial charge is 0.382 e. The molecule has 4 N–H and O–H groups in total. The number of amides is 2. The Balaban J connectivity index is 1.47. The lowest BCUT2D eigenvalue weighted by atomic mass is 9.90. The average molecular weight is 514 g/mol. The van der Waals surface area contributed by atoms with Gasteiger partial charge in [0, 0.05) is 30.5 Å². The first-order chi connectivity index (χ1) is 17.0. The van der Waals surface area contributed by atoms with Crippen LogP contribution in [0.25, 0.3) is 16.9 Å². The van der Waals surface area contributed by atoms with E-state index >= 15 is 0 Å². The first-order valence-electron chi connectivity index (χ1n) is 12.1. The summed E-state index contributed by atoms with van der Waals surface area (Å²) in [5.41, 5.74) is 1.72. The van der Waals surface area contributed by atoms with Crippen LogP contribution in [0.4, 0.5) is 5.69 Å². The van der Waals surface area contributed by atoms with Gasteiger partial charge in [-0.15, -0.1) is 0 Å². The van der Waals surface area contributed by atoms with Gasteiger partial charge in [0.25, 0.3) is 11.8 Å². The molecule has 0 bridgehead atoms. The van der Waals surface area contributed by atoms with Crippen LogP contribution in [-0.4, -0.2) is 60.2 Å². The van der Waals surface area contributed by atoms with Crippen LogP contribution in [0.15, 0.2) is 30.9 Å². The molecule has 0 radical (unpaired) electrons. The van der Waals surface area contributed by atoms with Gasteiger partial charge in [-0.2, -0.15) is 5.10 Å². The predicted molar refractivity (Wildman–Crippen MR) is 138 cm³/mol. The predicted octanol–water partition coefficient (Wildman–Crippen LogP) is 3.19. The summed E-state index contributed by atoms with van der Waals surface area (Å²) in [6.07, 6.45) is 9.41. The number of halogens is 1. The summed E-state index contributed by atoms with van der Waals surface area (Å²) >= 11 is 6.02. The van der Waals surface area contributed by atoms with E-state index in [0.29, 0.717) is 27.6 Å². The van der Waals surface area contributed by atoms with Gasteiger partial charge in [0.05, 0.1) is 39.9 Å². The second-order valence-corrected chi connectivity index (χ2v) is 10.5. The fourth-order valence-electron chi connectivity index (χ4n) is 4.25. The number of anilines is 1. The number of hydrogen-bond donors (Lipinski definition) is 4. The zero-order valence-corrected chi connectivity index (χ0v) is 21.6. The quantitative estimate of drug-likeness (QED) is 0.381. The molecule has 192 valence electrons. The van der Waals surface area contributed by atoms with Crippen molar-refractivity contribution in [2.75, 3.05) is 5.32 Å². The van der Waals surface area contributed by atoms with Crippen molar-refractivity contribution in [1.29, 1.82) is 0 Å². The van der Waals surface area contributed by atoms with E-state index in [4.69, 9.17) is 11.6 Å². The highest BCUT2D eigenvalue weighted by atomic mass is 35.5. The van der Waals surface area contributed by atoms with E-state index in [1.54, 1.807) is 29.3 Å². The lowest BCUT2D eigenvalue weighted by molar-refractivity contribution is -0.137. The van der Waals surface area contributed by atoms with Gasteiger partial charge in [0.1, 0.15) is 5.60 Å². The molecule has 0 spiro atoms. The maximum Gasteiger partial charge on any atom is 0.255 e. The number of nitrogens with one attached hydrogen (secondary N) is 3. The van der Waals surface area contributed by atoms with Gasteiger partial charge in [-0.05, 0) is 59.4 Å². The summed E-state index contributed by atoms with van der Waals surface area (Å²) in [4.78, 5) is 34.2. The second-order valence-electron chi connectivity index (χ2n) is 10.1. The highest BCUT2D eigenvalue weighted by Crippen LogP contribution is 2.28. The maximum atomic E-state index is 13.2. The molecule has 0 aromatic carbocycles. The molecule has 1 aliphatic rings. The molecule has 1 fully saturated rings. The molecule has 4 rings (SSSR count). The number of aliphatic hydroxyl groups is 1. The van der Waals surface area contributed by atoms with Gasteiger partial charge in [-0.3, -0.25) is 14.6 Å². The number of carbonyl (C=O) groups excluding carboxylic acids is 2. The van der Waals surface area contributed by atoms with Gasteiger partial charge in [-0.25, -0.2) is 9.50 Å². The van der Waals surface area contributed by atoms with E-state index in [9.17, 15) is 14.7 Å². The molecule has 10 nitrogen and oxygen atoms in total. The molecule has 3 heterocycles. The van der Waals surface area contributed by atoms with Gasteiger partial charge >= 0.3 is 0 Å². The number of rotatable bonds is 7. The third kappa shape index (κ3) is 5.93. The van der Waals surface area contributed by atoms with E-state index in [2.05, 4.69) is 31.0 Å². The first kappa shape index (κ1) is 25.8. The van der Waals surface area contributed by atoms with Crippen LogP contribution >= 0.6 is 11.6 Å². The molecule has 1 aliphatic carbocycles. The normalized spacial score (nSPS) is 18.3. The monoisotopic (exact) mass is 513 g/mol. The molecule has 0 saturated heterocycles. The fourth-order valence-corrected chi connectivity index (χ4v) is 4.40. The minimum Gasteiger partial charge on any atom is -0.382 e. The number of fused-ring (bicyclic) bond motifs is 1. The number of aromatic nitrogens is 4. The van der Waals surface area contributed by atoms with Crippen LogP contribution in [0.5, 0.6) is 0 Å². The highest BCUT2D eigenvalue weighted by Gasteiger charge is 2.29. The number of carbonyl (C=O) groups is 2. The van der Waals surface area contributed by atoms with Crippen molar-refractivity contribution in [3.05, 3.63) is 41.4 Å². The Morgan fingerprint density at radius 2 is 1.75 bits per heavy atom.